The molecule has 0 saturated heterocycles. The predicted octanol–water partition coefficient (Wildman–Crippen LogP) is 1.67. The molecule has 2 heterocycles. The average Bonchev–Trinajstić information content (AvgIpc) is 2.42. The lowest BCUT2D eigenvalue weighted by Crippen LogP contribution is -2.32. The van der Waals surface area contributed by atoms with Crippen molar-refractivity contribution in [1.29, 1.82) is 5.26 Å². The van der Waals surface area contributed by atoms with Crippen molar-refractivity contribution in [2.75, 3.05) is 11.9 Å². The lowest BCUT2D eigenvalue weighted by atomic mass is 10.1. The topological polar surface area (TPSA) is 57.0 Å². The molecule has 4 nitrogen and oxygen atoms in total. The molecular formula is C11H10IN3O. The fourth-order valence-corrected chi connectivity index (χ4v) is 2.50. The zero-order valence-corrected chi connectivity index (χ0v) is 10.9. The molecule has 1 atom stereocenters. The van der Waals surface area contributed by atoms with Crippen molar-refractivity contribution in [3.8, 4) is 6.07 Å². The monoisotopic (exact) mass is 327 g/mol. The second-order valence-electron chi connectivity index (χ2n) is 3.72. The van der Waals surface area contributed by atoms with E-state index < -0.39 is 0 Å². The number of aryl methyl sites for hydroxylation is 1. The molecule has 0 spiro atoms. The van der Waals surface area contributed by atoms with Crippen LogP contribution in [0.3, 0.4) is 0 Å². The number of alkyl halides is 1. The number of carbonyl (C=O) groups is 1. The van der Waals surface area contributed by atoms with Crippen molar-refractivity contribution < 1.29 is 4.79 Å². The first-order valence-corrected chi connectivity index (χ1v) is 6.18. The Labute approximate surface area is 107 Å². The van der Waals surface area contributed by atoms with Crippen LogP contribution in [-0.4, -0.2) is 21.9 Å². The van der Waals surface area contributed by atoms with E-state index in [1.165, 1.54) is 6.20 Å². The molecule has 0 fully saturated rings. The molecule has 1 aliphatic heterocycles. The molecule has 82 valence electrons. The zero-order valence-electron chi connectivity index (χ0n) is 8.77. The number of hydrogen-bond acceptors (Lipinski definition) is 3. The van der Waals surface area contributed by atoms with E-state index in [0.29, 0.717) is 11.4 Å². The summed E-state index contributed by atoms with van der Waals surface area (Å²) in [5.74, 6) is 0.764. The van der Waals surface area contributed by atoms with Gasteiger partial charge in [0.1, 0.15) is 11.9 Å². The quantitative estimate of drug-likeness (QED) is 0.538. The minimum atomic E-state index is -0.0117. The highest BCUT2D eigenvalue weighted by Gasteiger charge is 2.26. The van der Waals surface area contributed by atoms with Crippen LogP contribution in [0, 0.1) is 11.3 Å². The first kappa shape index (κ1) is 11.3. The third kappa shape index (κ3) is 1.89. The first-order chi connectivity index (χ1) is 7.63. The largest absolute Gasteiger partial charge is 0.299 e. The van der Waals surface area contributed by atoms with Gasteiger partial charge >= 0.3 is 0 Å². The number of anilines is 1. The van der Waals surface area contributed by atoms with Crippen LogP contribution < -0.4 is 4.90 Å². The summed E-state index contributed by atoms with van der Waals surface area (Å²) in [6.07, 6.45) is 3.10. The van der Waals surface area contributed by atoms with Gasteiger partial charge in [-0.2, -0.15) is 5.26 Å². The van der Waals surface area contributed by atoms with Crippen LogP contribution in [0.2, 0.25) is 0 Å². The van der Waals surface area contributed by atoms with Gasteiger partial charge in [0.2, 0.25) is 5.91 Å². The Hall–Kier alpha value is -1.16. The molecule has 1 aromatic rings. The SMILES string of the molecule is CN1C(=O)C(I)CCc2cc(C#N)cnc21. The van der Waals surface area contributed by atoms with Crippen LogP contribution in [-0.2, 0) is 11.2 Å². The number of carbonyl (C=O) groups excluding carboxylic acids is 1. The van der Waals surface area contributed by atoms with Crippen LogP contribution in [0.25, 0.3) is 0 Å². The molecule has 1 amide bonds. The summed E-state index contributed by atoms with van der Waals surface area (Å²) < 4.78 is -0.0117. The van der Waals surface area contributed by atoms with Gasteiger partial charge in [0.25, 0.3) is 0 Å². The van der Waals surface area contributed by atoms with E-state index in [2.05, 4.69) is 33.6 Å². The van der Waals surface area contributed by atoms with Gasteiger partial charge in [-0.25, -0.2) is 4.98 Å². The zero-order chi connectivity index (χ0) is 11.7. The number of amides is 1. The predicted molar refractivity (Wildman–Crippen MR) is 68.5 cm³/mol. The van der Waals surface area contributed by atoms with Gasteiger partial charge in [-0.1, -0.05) is 22.6 Å². The molecule has 0 N–H and O–H groups in total. The fourth-order valence-electron chi connectivity index (χ4n) is 1.77. The van der Waals surface area contributed by atoms with Crippen molar-refractivity contribution in [3.63, 3.8) is 0 Å². The third-order valence-corrected chi connectivity index (χ3v) is 3.81. The lowest BCUT2D eigenvalue weighted by Gasteiger charge is -2.17. The summed E-state index contributed by atoms with van der Waals surface area (Å²) in [6.45, 7) is 0. The van der Waals surface area contributed by atoms with Gasteiger partial charge in [0.05, 0.1) is 9.49 Å². The molecule has 1 aliphatic rings. The molecule has 0 aromatic carbocycles. The van der Waals surface area contributed by atoms with E-state index >= 15 is 0 Å². The maximum Gasteiger partial charge on any atom is 0.240 e. The molecule has 0 bridgehead atoms. The summed E-state index contributed by atoms with van der Waals surface area (Å²) in [7, 11) is 1.73. The molecule has 1 aromatic heterocycles. The molecule has 0 radical (unpaired) electrons. The summed E-state index contributed by atoms with van der Waals surface area (Å²) >= 11 is 2.15. The number of nitriles is 1. The van der Waals surface area contributed by atoms with Crippen molar-refractivity contribution in [2.24, 2.45) is 0 Å². The van der Waals surface area contributed by atoms with E-state index in [1.54, 1.807) is 11.9 Å². The molecular weight excluding hydrogens is 317 g/mol. The minimum Gasteiger partial charge on any atom is -0.299 e. The van der Waals surface area contributed by atoms with E-state index in [1.807, 2.05) is 6.07 Å². The number of nitrogens with zero attached hydrogens (tertiary/aromatic N) is 3. The number of pyridine rings is 1. The van der Waals surface area contributed by atoms with Crippen molar-refractivity contribution >= 4 is 34.3 Å². The van der Waals surface area contributed by atoms with E-state index in [9.17, 15) is 4.79 Å². The number of halogens is 1. The Kier molecular flexibility index (Phi) is 3.10. The summed E-state index contributed by atoms with van der Waals surface area (Å²) in [5, 5.41) is 8.81. The van der Waals surface area contributed by atoms with Crippen LogP contribution in [0.4, 0.5) is 5.82 Å². The Bertz CT molecular complexity index is 481. The van der Waals surface area contributed by atoms with Gasteiger partial charge in [0.15, 0.2) is 0 Å². The number of fused-ring (bicyclic) bond motifs is 1. The third-order valence-electron chi connectivity index (χ3n) is 2.66. The average molecular weight is 327 g/mol. The van der Waals surface area contributed by atoms with Crippen LogP contribution in [0.15, 0.2) is 12.3 Å². The first-order valence-electron chi connectivity index (χ1n) is 4.94. The fraction of sp³-hybridized carbons (Fsp3) is 0.364. The van der Waals surface area contributed by atoms with Gasteiger partial charge in [0, 0.05) is 13.2 Å². The van der Waals surface area contributed by atoms with E-state index in [-0.39, 0.29) is 9.83 Å². The summed E-state index contributed by atoms with van der Waals surface area (Å²) in [4.78, 5) is 17.7. The second kappa shape index (κ2) is 4.37. The van der Waals surface area contributed by atoms with E-state index in [0.717, 1.165) is 18.4 Å². The molecule has 16 heavy (non-hydrogen) atoms. The minimum absolute atomic E-state index is 0.0117. The van der Waals surface area contributed by atoms with E-state index in [4.69, 9.17) is 5.26 Å². The Morgan fingerprint density at radius 1 is 1.69 bits per heavy atom. The van der Waals surface area contributed by atoms with Gasteiger partial charge in [-0.05, 0) is 24.5 Å². The molecule has 0 saturated carbocycles. The van der Waals surface area contributed by atoms with Crippen LogP contribution >= 0.6 is 22.6 Å². The van der Waals surface area contributed by atoms with Gasteiger partial charge in [-0.3, -0.25) is 9.69 Å². The van der Waals surface area contributed by atoms with Gasteiger partial charge in [-0.15, -0.1) is 0 Å². The molecule has 0 aliphatic carbocycles. The Morgan fingerprint density at radius 3 is 3.12 bits per heavy atom. The number of rotatable bonds is 0. The Balaban J connectivity index is 2.48. The maximum absolute atomic E-state index is 11.9. The number of aromatic nitrogens is 1. The van der Waals surface area contributed by atoms with Crippen LogP contribution in [0.1, 0.15) is 17.5 Å². The molecule has 5 heteroatoms. The highest BCUT2D eigenvalue weighted by molar-refractivity contribution is 14.1. The molecule has 2 rings (SSSR count). The maximum atomic E-state index is 11.9. The summed E-state index contributed by atoms with van der Waals surface area (Å²) in [6, 6.07) is 3.89. The van der Waals surface area contributed by atoms with Crippen molar-refractivity contribution in [2.45, 2.75) is 16.8 Å². The van der Waals surface area contributed by atoms with Gasteiger partial charge < -0.3 is 0 Å². The highest BCUT2D eigenvalue weighted by Crippen LogP contribution is 2.27. The van der Waals surface area contributed by atoms with Crippen molar-refractivity contribution in [3.05, 3.63) is 23.4 Å². The van der Waals surface area contributed by atoms with Crippen LogP contribution in [0.5, 0.6) is 0 Å². The smallest absolute Gasteiger partial charge is 0.240 e. The lowest BCUT2D eigenvalue weighted by molar-refractivity contribution is -0.117. The van der Waals surface area contributed by atoms with Crippen molar-refractivity contribution in [1.82, 2.24) is 4.98 Å². The number of hydrogen-bond donors (Lipinski definition) is 0. The standard InChI is InChI=1S/C11H10IN3O/c1-15-10-8(2-3-9(12)11(15)16)4-7(5-13)6-14-10/h4,6,9H,2-3H2,1H3. The highest BCUT2D eigenvalue weighted by atomic mass is 127. The molecule has 1 unspecified atom stereocenters. The summed E-state index contributed by atoms with van der Waals surface area (Å²) in [5.41, 5.74) is 1.53. The second-order valence-corrected chi connectivity index (χ2v) is 5.23. The Morgan fingerprint density at radius 2 is 2.44 bits per heavy atom. The normalized spacial score (nSPS) is 19.9.